The molecular weight excluding hydrogens is 355 g/mol. The van der Waals surface area contributed by atoms with Gasteiger partial charge in [0.2, 0.25) is 0 Å². The molecule has 1 amide bonds. The molecule has 2 aromatic carbocycles. The van der Waals surface area contributed by atoms with E-state index in [9.17, 15) is 14.9 Å². The highest BCUT2D eigenvalue weighted by atomic mass is 35.5. The maximum atomic E-state index is 12.3. The van der Waals surface area contributed by atoms with Crippen molar-refractivity contribution in [2.75, 3.05) is 20.2 Å². The number of hydrogen-bond acceptors (Lipinski definition) is 4. The van der Waals surface area contributed by atoms with Crippen LogP contribution in [0.1, 0.15) is 10.4 Å². The Balaban J connectivity index is 1.95. The molecule has 2 rings (SSSR count). The summed E-state index contributed by atoms with van der Waals surface area (Å²) in [7, 11) is 1.59. The summed E-state index contributed by atoms with van der Waals surface area (Å²) in [6, 6.07) is 10.8. The summed E-state index contributed by atoms with van der Waals surface area (Å²) in [6.07, 6.45) is 0. The van der Waals surface area contributed by atoms with Crippen LogP contribution in [0.3, 0.4) is 0 Å². The molecule has 126 valence electrons. The Morgan fingerprint density at radius 1 is 1.21 bits per heavy atom. The lowest BCUT2D eigenvalue weighted by atomic mass is 10.2. The van der Waals surface area contributed by atoms with Gasteiger partial charge in [0.05, 0.1) is 11.5 Å². The van der Waals surface area contributed by atoms with E-state index < -0.39 is 4.92 Å². The van der Waals surface area contributed by atoms with Crippen molar-refractivity contribution in [3.63, 3.8) is 0 Å². The van der Waals surface area contributed by atoms with Crippen LogP contribution in [0.4, 0.5) is 5.69 Å². The first-order valence-corrected chi connectivity index (χ1v) is 7.72. The number of benzene rings is 2. The summed E-state index contributed by atoms with van der Waals surface area (Å²) in [6.45, 7) is 0.595. The van der Waals surface area contributed by atoms with Gasteiger partial charge in [-0.25, -0.2) is 0 Å². The van der Waals surface area contributed by atoms with Gasteiger partial charge in [0.25, 0.3) is 11.6 Å². The van der Waals surface area contributed by atoms with Gasteiger partial charge >= 0.3 is 0 Å². The predicted molar refractivity (Wildman–Crippen MR) is 92.0 cm³/mol. The van der Waals surface area contributed by atoms with Crippen LogP contribution >= 0.6 is 23.2 Å². The number of halogens is 2. The number of amides is 1. The number of nitrogens with zero attached hydrogens (tertiary/aromatic N) is 2. The molecule has 0 N–H and O–H groups in total. The molecule has 0 aliphatic carbocycles. The highest BCUT2D eigenvalue weighted by Crippen LogP contribution is 2.25. The van der Waals surface area contributed by atoms with Crippen molar-refractivity contribution < 1.29 is 14.5 Å². The SMILES string of the molecule is CN(CCOc1ccc(Cl)cc1)C(=O)c1ccc(Cl)c([N+](=O)[O-])c1. The lowest BCUT2D eigenvalue weighted by Crippen LogP contribution is -2.30. The van der Waals surface area contributed by atoms with E-state index in [1.54, 1.807) is 31.3 Å². The molecule has 2 aromatic rings. The van der Waals surface area contributed by atoms with Crippen LogP contribution in [-0.4, -0.2) is 35.9 Å². The Morgan fingerprint density at radius 3 is 2.50 bits per heavy atom. The van der Waals surface area contributed by atoms with E-state index in [1.807, 2.05) is 0 Å². The predicted octanol–water partition coefficient (Wildman–Crippen LogP) is 4.05. The number of hydrogen-bond donors (Lipinski definition) is 0. The maximum absolute atomic E-state index is 12.3. The van der Waals surface area contributed by atoms with Gasteiger partial charge in [0.15, 0.2) is 0 Å². The fourth-order valence-electron chi connectivity index (χ4n) is 1.94. The van der Waals surface area contributed by atoms with Crippen LogP contribution in [0.25, 0.3) is 0 Å². The first-order chi connectivity index (χ1) is 11.4. The number of nitro benzene ring substituents is 1. The molecule has 24 heavy (non-hydrogen) atoms. The Labute approximate surface area is 148 Å². The number of rotatable bonds is 6. The van der Waals surface area contributed by atoms with Gasteiger partial charge in [-0.1, -0.05) is 23.2 Å². The van der Waals surface area contributed by atoms with E-state index in [1.165, 1.54) is 23.1 Å². The van der Waals surface area contributed by atoms with Crippen molar-refractivity contribution >= 4 is 34.8 Å². The van der Waals surface area contributed by atoms with Crippen LogP contribution in [0, 0.1) is 10.1 Å². The Kier molecular flexibility index (Phi) is 6.00. The van der Waals surface area contributed by atoms with Gasteiger partial charge in [0, 0.05) is 23.7 Å². The van der Waals surface area contributed by atoms with Crippen molar-refractivity contribution in [1.29, 1.82) is 0 Å². The fourth-order valence-corrected chi connectivity index (χ4v) is 2.25. The molecular formula is C16H14Cl2N2O4. The molecule has 0 aliphatic rings. The topological polar surface area (TPSA) is 72.7 Å². The molecule has 0 bridgehead atoms. The van der Waals surface area contributed by atoms with Crippen LogP contribution in [-0.2, 0) is 0 Å². The minimum atomic E-state index is -0.622. The fraction of sp³-hybridized carbons (Fsp3) is 0.188. The normalized spacial score (nSPS) is 10.3. The average Bonchev–Trinajstić information content (AvgIpc) is 2.56. The third-order valence-electron chi connectivity index (χ3n) is 3.25. The third-order valence-corrected chi connectivity index (χ3v) is 3.82. The Hall–Kier alpha value is -2.31. The van der Waals surface area contributed by atoms with Crippen molar-refractivity contribution in [2.45, 2.75) is 0 Å². The second kappa shape index (κ2) is 7.99. The lowest BCUT2D eigenvalue weighted by molar-refractivity contribution is -0.384. The minimum Gasteiger partial charge on any atom is -0.492 e. The van der Waals surface area contributed by atoms with Crippen LogP contribution < -0.4 is 4.74 Å². The largest absolute Gasteiger partial charge is 0.492 e. The highest BCUT2D eigenvalue weighted by molar-refractivity contribution is 6.32. The zero-order valence-corrected chi connectivity index (χ0v) is 14.3. The summed E-state index contributed by atoms with van der Waals surface area (Å²) in [5.41, 5.74) is -0.103. The molecule has 0 atom stereocenters. The Bertz CT molecular complexity index is 750. The smallest absolute Gasteiger partial charge is 0.288 e. The first-order valence-electron chi connectivity index (χ1n) is 6.96. The van der Waals surface area contributed by atoms with Crippen molar-refractivity contribution in [1.82, 2.24) is 4.90 Å². The van der Waals surface area contributed by atoms with Gasteiger partial charge in [-0.15, -0.1) is 0 Å². The monoisotopic (exact) mass is 368 g/mol. The quantitative estimate of drug-likeness (QED) is 0.569. The summed E-state index contributed by atoms with van der Waals surface area (Å²) < 4.78 is 5.52. The van der Waals surface area contributed by atoms with Gasteiger partial charge in [-0.3, -0.25) is 14.9 Å². The van der Waals surface area contributed by atoms with Gasteiger partial charge in [0.1, 0.15) is 17.4 Å². The molecule has 0 unspecified atom stereocenters. The number of nitro groups is 1. The second-order valence-electron chi connectivity index (χ2n) is 4.95. The zero-order chi connectivity index (χ0) is 17.7. The van der Waals surface area contributed by atoms with E-state index in [2.05, 4.69) is 0 Å². The number of carbonyl (C=O) groups excluding carboxylic acids is 1. The van der Waals surface area contributed by atoms with Crippen LogP contribution in [0.15, 0.2) is 42.5 Å². The van der Waals surface area contributed by atoms with Crippen molar-refractivity contribution in [3.8, 4) is 5.75 Å². The van der Waals surface area contributed by atoms with E-state index in [4.69, 9.17) is 27.9 Å². The molecule has 0 heterocycles. The summed E-state index contributed by atoms with van der Waals surface area (Å²) >= 11 is 11.5. The van der Waals surface area contributed by atoms with Crippen LogP contribution in [0.2, 0.25) is 10.0 Å². The van der Waals surface area contributed by atoms with Crippen molar-refractivity contribution in [3.05, 3.63) is 68.2 Å². The van der Waals surface area contributed by atoms with Crippen molar-refractivity contribution in [2.24, 2.45) is 0 Å². The summed E-state index contributed by atoms with van der Waals surface area (Å²) in [4.78, 5) is 24.0. The number of ether oxygens (including phenoxy) is 1. The van der Waals surface area contributed by atoms with E-state index >= 15 is 0 Å². The Morgan fingerprint density at radius 2 is 1.88 bits per heavy atom. The number of carbonyl (C=O) groups is 1. The molecule has 0 radical (unpaired) electrons. The first kappa shape index (κ1) is 18.0. The standard InChI is InChI=1S/C16H14Cl2N2O4/c1-19(8-9-24-13-5-3-12(17)4-6-13)16(21)11-2-7-14(18)15(10-11)20(22)23/h2-7,10H,8-9H2,1H3. The summed E-state index contributed by atoms with van der Waals surface area (Å²) in [5.74, 6) is 0.289. The molecule has 6 nitrogen and oxygen atoms in total. The molecule has 0 spiro atoms. The summed E-state index contributed by atoms with van der Waals surface area (Å²) in [5, 5.41) is 11.5. The minimum absolute atomic E-state index is 0.00900. The molecule has 0 aromatic heterocycles. The maximum Gasteiger partial charge on any atom is 0.288 e. The van der Waals surface area contributed by atoms with Crippen LogP contribution in [0.5, 0.6) is 5.75 Å². The molecule has 0 fully saturated rings. The molecule has 0 aliphatic heterocycles. The second-order valence-corrected chi connectivity index (χ2v) is 5.80. The van der Waals surface area contributed by atoms with Gasteiger partial charge in [-0.2, -0.15) is 0 Å². The van der Waals surface area contributed by atoms with E-state index in [0.29, 0.717) is 17.3 Å². The van der Waals surface area contributed by atoms with E-state index in [0.717, 1.165) is 0 Å². The molecule has 0 saturated carbocycles. The zero-order valence-electron chi connectivity index (χ0n) is 12.7. The number of likely N-dealkylation sites (N-methyl/N-ethyl adjacent to an activating group) is 1. The van der Waals surface area contributed by atoms with E-state index in [-0.39, 0.29) is 28.8 Å². The molecule has 8 heteroatoms. The van der Waals surface area contributed by atoms with Gasteiger partial charge in [-0.05, 0) is 36.4 Å². The molecule has 0 saturated heterocycles. The van der Waals surface area contributed by atoms with Gasteiger partial charge < -0.3 is 9.64 Å². The lowest BCUT2D eigenvalue weighted by Gasteiger charge is -2.17. The highest BCUT2D eigenvalue weighted by Gasteiger charge is 2.18. The third kappa shape index (κ3) is 4.59. The average molecular weight is 369 g/mol.